The topological polar surface area (TPSA) is 56.3 Å². The largest absolute Gasteiger partial charge is 0.395 e. The number of carbonyl (C=O) groups excluding carboxylic acids is 2. The van der Waals surface area contributed by atoms with E-state index in [2.05, 4.69) is 59.4 Å². The van der Waals surface area contributed by atoms with Crippen molar-refractivity contribution in [1.82, 2.24) is 4.98 Å². The van der Waals surface area contributed by atoms with Crippen LogP contribution < -0.4 is 4.74 Å². The second-order valence-corrected chi connectivity index (χ2v) is 11.9. The molecule has 0 aliphatic heterocycles. The Balaban J connectivity index is 2.32. The molecular formula is C13H8Br3NO3S. The number of esters is 1. The monoisotopic (exact) mass is 495 g/mol. The van der Waals surface area contributed by atoms with Gasteiger partial charge in [-0.3, -0.25) is 4.79 Å². The van der Waals surface area contributed by atoms with Gasteiger partial charge in [0.05, 0.1) is 10.2 Å². The molecule has 110 valence electrons. The number of Topliss-reactive ketones (excluding diaryl/α,β-unsaturated/α-hetero) is 1. The van der Waals surface area contributed by atoms with Crippen molar-refractivity contribution >= 4 is 81.1 Å². The summed E-state index contributed by atoms with van der Waals surface area (Å²) in [6, 6.07) is 5.13. The fourth-order valence-corrected chi connectivity index (χ4v) is 2.51. The molecule has 0 saturated heterocycles. The van der Waals surface area contributed by atoms with Crippen LogP contribution >= 0.6 is 59.1 Å². The van der Waals surface area contributed by atoms with Crippen molar-refractivity contribution in [1.29, 1.82) is 0 Å². The predicted molar refractivity (Wildman–Crippen MR) is 93.9 cm³/mol. The molecule has 0 aliphatic rings. The van der Waals surface area contributed by atoms with Crippen molar-refractivity contribution in [3.05, 3.63) is 35.9 Å². The minimum absolute atomic E-state index is 0.135. The van der Waals surface area contributed by atoms with Crippen LogP contribution in [0.3, 0.4) is 0 Å². The highest BCUT2D eigenvalue weighted by atomic mass is 80.0. The minimum Gasteiger partial charge on any atom is -0.395 e. The molecule has 0 saturated carbocycles. The summed E-state index contributed by atoms with van der Waals surface area (Å²) < 4.78 is 4.81. The highest BCUT2D eigenvalue weighted by Crippen LogP contribution is 2.36. The molecule has 2 rings (SSSR count). The smallest absolute Gasteiger partial charge is 0.352 e. The Morgan fingerprint density at radius 3 is 2.57 bits per heavy atom. The molecule has 0 spiro atoms. The molecule has 0 radical (unpaired) electrons. The van der Waals surface area contributed by atoms with Gasteiger partial charge in [0.15, 0.2) is 5.78 Å². The zero-order valence-corrected chi connectivity index (χ0v) is 16.2. The molecule has 8 heteroatoms. The first-order valence-electron chi connectivity index (χ1n) is 5.58. The van der Waals surface area contributed by atoms with Crippen LogP contribution in [-0.4, -0.2) is 18.9 Å². The Morgan fingerprint density at radius 1 is 1.33 bits per heavy atom. The van der Waals surface area contributed by atoms with E-state index in [1.807, 2.05) is 0 Å². The molecule has 1 aromatic carbocycles. The van der Waals surface area contributed by atoms with E-state index in [1.54, 1.807) is 25.1 Å². The molecule has 1 aromatic heterocycles. The van der Waals surface area contributed by atoms with Gasteiger partial charge in [0.25, 0.3) is 5.19 Å². The number of ketones is 1. The van der Waals surface area contributed by atoms with Gasteiger partial charge in [-0.1, -0.05) is 17.9 Å². The van der Waals surface area contributed by atoms with Gasteiger partial charge in [-0.25, -0.2) is 9.78 Å². The van der Waals surface area contributed by atoms with E-state index in [1.165, 1.54) is 11.3 Å². The van der Waals surface area contributed by atoms with Crippen molar-refractivity contribution in [2.24, 2.45) is 0 Å². The molecular weight excluding hydrogens is 490 g/mol. The number of carbonyl (C=O) groups is 2. The van der Waals surface area contributed by atoms with Crippen LogP contribution in [0, 0.1) is 0 Å². The number of aromatic nitrogens is 1. The van der Waals surface area contributed by atoms with Crippen LogP contribution in [0.2, 0.25) is 0 Å². The lowest BCUT2D eigenvalue weighted by Gasteiger charge is -2.08. The number of benzene rings is 1. The van der Waals surface area contributed by atoms with E-state index in [0.29, 0.717) is 16.7 Å². The summed E-state index contributed by atoms with van der Waals surface area (Å²) in [5, 5.41) is 0.206. The van der Waals surface area contributed by atoms with Gasteiger partial charge in [0.1, 0.15) is 0 Å². The molecule has 0 amide bonds. The number of hydrogen-bond donors (Lipinski definition) is 0. The molecule has 2 aromatic rings. The first kappa shape index (κ1) is 16.8. The van der Waals surface area contributed by atoms with Crippen LogP contribution in [0.15, 0.2) is 30.4 Å². The molecule has 0 atom stereocenters. The zero-order valence-electron chi connectivity index (χ0n) is 10.7. The molecule has 0 unspecified atom stereocenters. The van der Waals surface area contributed by atoms with Crippen LogP contribution in [0.25, 0.3) is 10.2 Å². The first-order chi connectivity index (χ1) is 9.68. The zero-order chi connectivity index (χ0) is 15.8. The minimum atomic E-state index is -1.15. The molecule has 0 bridgehead atoms. The average Bonchev–Trinajstić information content (AvgIpc) is 2.77. The molecule has 0 aliphatic carbocycles. The Bertz CT molecular complexity index is 749. The van der Waals surface area contributed by atoms with Gasteiger partial charge in [0.2, 0.25) is 2.14 Å². The summed E-state index contributed by atoms with van der Waals surface area (Å²) in [6.07, 6.45) is 0. The maximum absolute atomic E-state index is 11.9. The van der Waals surface area contributed by atoms with Crippen molar-refractivity contribution in [2.45, 2.75) is 9.07 Å². The number of nitrogens with zero attached hydrogens (tertiary/aromatic N) is 1. The second-order valence-electron chi connectivity index (χ2n) is 4.16. The van der Waals surface area contributed by atoms with E-state index in [-0.39, 0.29) is 11.0 Å². The van der Waals surface area contributed by atoms with Crippen LogP contribution in [0.5, 0.6) is 5.19 Å². The van der Waals surface area contributed by atoms with Crippen molar-refractivity contribution in [3.63, 3.8) is 0 Å². The summed E-state index contributed by atoms with van der Waals surface area (Å²) in [6.45, 7) is 5.29. The number of halogens is 3. The summed E-state index contributed by atoms with van der Waals surface area (Å²) in [4.78, 5) is 27.8. The van der Waals surface area contributed by atoms with Gasteiger partial charge in [-0.2, -0.15) is 0 Å². The number of thiazole rings is 1. The lowest BCUT2D eigenvalue weighted by Crippen LogP contribution is -2.23. The van der Waals surface area contributed by atoms with Crippen molar-refractivity contribution in [3.8, 4) is 5.19 Å². The summed E-state index contributed by atoms with van der Waals surface area (Å²) >= 11 is 10.4. The van der Waals surface area contributed by atoms with E-state index in [4.69, 9.17) is 4.74 Å². The number of alkyl halides is 3. The average molecular weight is 498 g/mol. The van der Waals surface area contributed by atoms with Gasteiger partial charge in [0, 0.05) is 5.56 Å². The van der Waals surface area contributed by atoms with E-state index >= 15 is 0 Å². The lowest BCUT2D eigenvalue weighted by atomic mass is 10.1. The number of rotatable bonds is 3. The maximum Gasteiger partial charge on any atom is 0.352 e. The van der Waals surface area contributed by atoms with Crippen molar-refractivity contribution in [2.75, 3.05) is 0 Å². The standard InChI is InChI=1S/C13H8Br3NO3S/c1-6(2)10(18)7-3-4-9-8(5-7)17-12(21-9)20-11(19)13(14,15)16/h3-5H,1H2,2H3. The normalized spacial score (nSPS) is 11.4. The Hall–Kier alpha value is -0.570. The molecule has 21 heavy (non-hydrogen) atoms. The predicted octanol–water partition coefficient (Wildman–Crippen LogP) is 4.80. The fraction of sp³-hybridized carbons (Fsp3) is 0.154. The molecule has 4 nitrogen and oxygen atoms in total. The summed E-state index contributed by atoms with van der Waals surface area (Å²) in [5.74, 6) is -0.719. The first-order valence-corrected chi connectivity index (χ1v) is 8.78. The van der Waals surface area contributed by atoms with E-state index in [0.717, 1.165) is 4.70 Å². The highest BCUT2D eigenvalue weighted by molar-refractivity contribution is 9.40. The van der Waals surface area contributed by atoms with Gasteiger partial charge >= 0.3 is 5.97 Å². The van der Waals surface area contributed by atoms with Crippen LogP contribution in [0.4, 0.5) is 0 Å². The van der Waals surface area contributed by atoms with E-state index in [9.17, 15) is 9.59 Å². The van der Waals surface area contributed by atoms with Gasteiger partial charge < -0.3 is 4.74 Å². The van der Waals surface area contributed by atoms with Gasteiger partial charge in [-0.05, 0) is 78.5 Å². The molecule has 1 heterocycles. The third kappa shape index (κ3) is 4.00. The Labute approximate surface area is 150 Å². The molecule has 0 fully saturated rings. The van der Waals surface area contributed by atoms with Crippen molar-refractivity contribution < 1.29 is 14.3 Å². The highest BCUT2D eigenvalue weighted by Gasteiger charge is 2.32. The maximum atomic E-state index is 11.9. The van der Waals surface area contributed by atoms with Crippen LogP contribution in [0.1, 0.15) is 17.3 Å². The van der Waals surface area contributed by atoms with Gasteiger partial charge in [-0.15, -0.1) is 0 Å². The number of allylic oxidation sites excluding steroid dienone is 1. The third-order valence-electron chi connectivity index (χ3n) is 2.43. The SMILES string of the molecule is C=C(C)C(=O)c1ccc2sc(OC(=O)C(Br)(Br)Br)nc2c1. The second kappa shape index (κ2) is 6.28. The summed E-state index contributed by atoms with van der Waals surface area (Å²) in [5.41, 5.74) is 1.56. The fourth-order valence-electron chi connectivity index (χ4n) is 1.47. The van der Waals surface area contributed by atoms with E-state index < -0.39 is 8.11 Å². The summed E-state index contributed by atoms with van der Waals surface area (Å²) in [7, 11) is 0. The quantitative estimate of drug-likeness (QED) is 0.264. The number of hydrogen-bond acceptors (Lipinski definition) is 5. The van der Waals surface area contributed by atoms with Crippen LogP contribution in [-0.2, 0) is 4.79 Å². The number of ether oxygens (including phenoxy) is 1. The Kier molecular flexibility index (Phi) is 5.02. The Morgan fingerprint density at radius 2 is 2.00 bits per heavy atom. The molecule has 0 N–H and O–H groups in total. The lowest BCUT2D eigenvalue weighted by molar-refractivity contribution is -0.132. The third-order valence-corrected chi connectivity index (χ3v) is 4.31. The number of fused-ring (bicyclic) bond motifs is 1.